The SMILES string of the molecule is CC(CCS(C)=O)N1C(=O)CNC1c1cccc(Cl)c1. The Bertz CT molecular complexity index is 524. The number of halogens is 1. The van der Waals surface area contributed by atoms with Gasteiger partial charge in [-0.25, -0.2) is 0 Å². The van der Waals surface area contributed by atoms with Crippen LogP contribution in [0.4, 0.5) is 0 Å². The molecular formula is C14H19ClN2O2S. The molecule has 1 aliphatic rings. The van der Waals surface area contributed by atoms with Crippen molar-refractivity contribution >= 4 is 28.3 Å². The maximum absolute atomic E-state index is 12.1. The lowest BCUT2D eigenvalue weighted by atomic mass is 10.1. The van der Waals surface area contributed by atoms with Gasteiger partial charge >= 0.3 is 0 Å². The fourth-order valence-corrected chi connectivity index (χ4v) is 3.32. The summed E-state index contributed by atoms with van der Waals surface area (Å²) in [5, 5.41) is 3.87. The van der Waals surface area contributed by atoms with Gasteiger partial charge in [0, 0.05) is 33.9 Å². The van der Waals surface area contributed by atoms with E-state index in [1.54, 1.807) is 6.26 Å². The first kappa shape index (κ1) is 15.5. The van der Waals surface area contributed by atoms with Gasteiger partial charge < -0.3 is 4.90 Å². The average Bonchev–Trinajstić information content (AvgIpc) is 2.78. The van der Waals surface area contributed by atoms with Crippen molar-refractivity contribution in [3.8, 4) is 0 Å². The maximum atomic E-state index is 12.1. The van der Waals surface area contributed by atoms with Crippen LogP contribution in [0.25, 0.3) is 0 Å². The van der Waals surface area contributed by atoms with E-state index in [9.17, 15) is 9.00 Å². The smallest absolute Gasteiger partial charge is 0.238 e. The highest BCUT2D eigenvalue weighted by Gasteiger charge is 2.34. The molecular weight excluding hydrogens is 296 g/mol. The Kier molecular flexibility index (Phi) is 5.18. The van der Waals surface area contributed by atoms with Crippen molar-refractivity contribution in [3.63, 3.8) is 0 Å². The molecule has 0 bridgehead atoms. The summed E-state index contributed by atoms with van der Waals surface area (Å²) in [6, 6.07) is 7.57. The molecule has 6 heteroatoms. The number of hydrogen-bond donors (Lipinski definition) is 1. The summed E-state index contributed by atoms with van der Waals surface area (Å²) in [5.41, 5.74) is 0.979. The van der Waals surface area contributed by atoms with Gasteiger partial charge in [0.2, 0.25) is 5.91 Å². The summed E-state index contributed by atoms with van der Waals surface area (Å²) in [7, 11) is -0.836. The Morgan fingerprint density at radius 3 is 2.95 bits per heavy atom. The fourth-order valence-electron chi connectivity index (χ4n) is 2.45. The quantitative estimate of drug-likeness (QED) is 0.903. The van der Waals surface area contributed by atoms with Gasteiger partial charge in [-0.15, -0.1) is 0 Å². The molecule has 1 saturated heterocycles. The van der Waals surface area contributed by atoms with Crippen LogP contribution < -0.4 is 5.32 Å². The number of carbonyl (C=O) groups excluding carboxylic acids is 1. The van der Waals surface area contributed by atoms with Gasteiger partial charge in [-0.2, -0.15) is 0 Å². The zero-order chi connectivity index (χ0) is 14.7. The minimum atomic E-state index is -0.836. The zero-order valence-corrected chi connectivity index (χ0v) is 13.2. The standard InChI is InChI=1S/C14H19ClN2O2S/c1-10(6-7-20(2)19)17-13(18)9-16-14(17)11-4-3-5-12(15)8-11/h3-5,8,10,14,16H,6-7,9H2,1-2H3. The van der Waals surface area contributed by atoms with E-state index >= 15 is 0 Å². The molecule has 1 aromatic rings. The first-order valence-electron chi connectivity index (χ1n) is 6.59. The number of hydrogen-bond acceptors (Lipinski definition) is 3. The maximum Gasteiger partial charge on any atom is 0.238 e. The number of amides is 1. The van der Waals surface area contributed by atoms with Crippen molar-refractivity contribution in [2.24, 2.45) is 0 Å². The molecule has 0 spiro atoms. The number of carbonyl (C=O) groups is 1. The Balaban J connectivity index is 2.16. The molecule has 1 fully saturated rings. The molecule has 0 aromatic heterocycles. The van der Waals surface area contributed by atoms with E-state index in [2.05, 4.69) is 5.32 Å². The Labute approximate surface area is 126 Å². The Hall–Kier alpha value is -0.910. The molecule has 1 aliphatic heterocycles. The molecule has 20 heavy (non-hydrogen) atoms. The van der Waals surface area contributed by atoms with Gasteiger partial charge in [0.1, 0.15) is 6.17 Å². The summed E-state index contributed by atoms with van der Waals surface area (Å²) in [5.74, 6) is 0.678. The lowest BCUT2D eigenvalue weighted by Crippen LogP contribution is -2.38. The molecule has 2 rings (SSSR count). The molecule has 0 radical (unpaired) electrons. The van der Waals surface area contributed by atoms with Crippen molar-refractivity contribution in [1.82, 2.24) is 10.2 Å². The van der Waals surface area contributed by atoms with Crippen LogP contribution in [0, 0.1) is 0 Å². The molecule has 1 N–H and O–H groups in total. The van der Waals surface area contributed by atoms with Gasteiger partial charge in [-0.3, -0.25) is 14.3 Å². The van der Waals surface area contributed by atoms with Gasteiger partial charge in [0.15, 0.2) is 0 Å². The van der Waals surface area contributed by atoms with Gasteiger partial charge in [0.05, 0.1) is 6.54 Å². The van der Waals surface area contributed by atoms with Crippen molar-refractivity contribution in [2.45, 2.75) is 25.6 Å². The molecule has 1 heterocycles. The molecule has 1 aromatic carbocycles. The minimum Gasteiger partial charge on any atom is -0.319 e. The summed E-state index contributed by atoms with van der Waals surface area (Å²) < 4.78 is 11.2. The van der Waals surface area contributed by atoms with Crippen molar-refractivity contribution in [3.05, 3.63) is 34.9 Å². The predicted molar refractivity (Wildman–Crippen MR) is 82.1 cm³/mol. The van der Waals surface area contributed by atoms with Gasteiger partial charge in [0.25, 0.3) is 0 Å². The predicted octanol–water partition coefficient (Wildman–Crippen LogP) is 1.93. The first-order valence-corrected chi connectivity index (χ1v) is 8.69. The van der Waals surface area contributed by atoms with Crippen LogP contribution in [-0.4, -0.2) is 39.6 Å². The topological polar surface area (TPSA) is 49.4 Å². The number of nitrogens with one attached hydrogen (secondary N) is 1. The molecule has 3 atom stereocenters. The minimum absolute atomic E-state index is 0.0466. The van der Waals surface area contributed by atoms with Crippen molar-refractivity contribution in [2.75, 3.05) is 18.6 Å². The Morgan fingerprint density at radius 2 is 2.30 bits per heavy atom. The van der Waals surface area contributed by atoms with Crippen LogP contribution in [0.15, 0.2) is 24.3 Å². The largest absolute Gasteiger partial charge is 0.319 e. The average molecular weight is 315 g/mol. The van der Waals surface area contributed by atoms with E-state index in [0.717, 1.165) is 12.0 Å². The Morgan fingerprint density at radius 1 is 1.55 bits per heavy atom. The van der Waals surface area contributed by atoms with Crippen molar-refractivity contribution in [1.29, 1.82) is 0 Å². The number of nitrogens with zero attached hydrogens (tertiary/aromatic N) is 1. The lowest BCUT2D eigenvalue weighted by Gasteiger charge is -2.30. The monoisotopic (exact) mass is 314 g/mol. The molecule has 1 amide bonds. The van der Waals surface area contributed by atoms with E-state index in [1.807, 2.05) is 36.1 Å². The highest BCUT2D eigenvalue weighted by Crippen LogP contribution is 2.27. The highest BCUT2D eigenvalue weighted by molar-refractivity contribution is 7.84. The molecule has 4 nitrogen and oxygen atoms in total. The summed E-state index contributed by atoms with van der Waals surface area (Å²) in [6.45, 7) is 2.33. The third-order valence-electron chi connectivity index (χ3n) is 3.48. The van der Waals surface area contributed by atoms with Crippen LogP contribution in [-0.2, 0) is 15.6 Å². The van der Waals surface area contributed by atoms with E-state index in [4.69, 9.17) is 11.6 Å². The number of benzene rings is 1. The first-order chi connectivity index (χ1) is 9.49. The summed E-state index contributed by atoms with van der Waals surface area (Å²) in [6.07, 6.45) is 2.26. The zero-order valence-electron chi connectivity index (χ0n) is 11.6. The van der Waals surface area contributed by atoms with Crippen LogP contribution in [0.5, 0.6) is 0 Å². The number of rotatable bonds is 5. The molecule has 0 saturated carbocycles. The van der Waals surface area contributed by atoms with E-state index in [1.165, 1.54) is 0 Å². The van der Waals surface area contributed by atoms with E-state index in [0.29, 0.717) is 17.3 Å². The summed E-state index contributed by atoms with van der Waals surface area (Å²) in [4.78, 5) is 13.9. The summed E-state index contributed by atoms with van der Waals surface area (Å²) >= 11 is 6.02. The molecule has 3 unspecified atom stereocenters. The third kappa shape index (κ3) is 3.59. The second kappa shape index (κ2) is 6.70. The molecule has 110 valence electrons. The fraction of sp³-hybridized carbons (Fsp3) is 0.500. The van der Waals surface area contributed by atoms with Crippen LogP contribution >= 0.6 is 11.6 Å². The lowest BCUT2D eigenvalue weighted by molar-refractivity contribution is -0.130. The highest BCUT2D eigenvalue weighted by atomic mass is 35.5. The van der Waals surface area contributed by atoms with Crippen molar-refractivity contribution < 1.29 is 9.00 Å². The normalized spacial score (nSPS) is 22.1. The third-order valence-corrected chi connectivity index (χ3v) is 4.52. The van der Waals surface area contributed by atoms with Crippen LogP contribution in [0.3, 0.4) is 0 Å². The second-order valence-corrected chi connectivity index (χ2v) is 7.05. The van der Waals surface area contributed by atoms with E-state index in [-0.39, 0.29) is 18.1 Å². The van der Waals surface area contributed by atoms with Gasteiger partial charge in [-0.05, 0) is 31.0 Å². The van der Waals surface area contributed by atoms with Crippen LogP contribution in [0.2, 0.25) is 5.02 Å². The van der Waals surface area contributed by atoms with E-state index < -0.39 is 10.8 Å². The van der Waals surface area contributed by atoms with Gasteiger partial charge in [-0.1, -0.05) is 23.7 Å². The van der Waals surface area contributed by atoms with Crippen LogP contribution in [0.1, 0.15) is 25.1 Å². The second-order valence-electron chi connectivity index (χ2n) is 5.05. The molecule has 0 aliphatic carbocycles.